The van der Waals surface area contributed by atoms with Crippen molar-refractivity contribution < 1.29 is 14.4 Å². The molecule has 1 aromatic carbocycles. The van der Waals surface area contributed by atoms with Gasteiger partial charge in [-0.05, 0) is 23.2 Å². The fraction of sp³-hybridized carbons (Fsp3) is 0.333. The molecule has 0 aliphatic carbocycles. The Bertz CT molecular complexity index is 345. The standard InChI is InChI=1S/C9H12BNO3/c1-13-6-2-3-7-8(4-6)10(12)14-9(7)5-11/h2-4,9,12H,5,11H2,1H3/t9-/m1/s1. The van der Waals surface area contributed by atoms with E-state index in [9.17, 15) is 5.02 Å². The van der Waals surface area contributed by atoms with Gasteiger partial charge in [0.15, 0.2) is 0 Å². The molecule has 1 heterocycles. The molecule has 1 aromatic rings. The van der Waals surface area contributed by atoms with Gasteiger partial charge in [-0.2, -0.15) is 0 Å². The molecular formula is C9H12BNO3. The van der Waals surface area contributed by atoms with Gasteiger partial charge in [0.05, 0.1) is 13.2 Å². The maximum absolute atomic E-state index is 9.57. The van der Waals surface area contributed by atoms with Gasteiger partial charge in [-0.25, -0.2) is 0 Å². The van der Waals surface area contributed by atoms with Crippen molar-refractivity contribution in [2.75, 3.05) is 13.7 Å². The summed E-state index contributed by atoms with van der Waals surface area (Å²) in [6.07, 6.45) is -0.203. The van der Waals surface area contributed by atoms with Crippen LogP contribution in [0.15, 0.2) is 18.2 Å². The SMILES string of the molecule is COc1ccc2c(c1)B(O)O[C@@H]2CN. The summed E-state index contributed by atoms with van der Waals surface area (Å²) in [7, 11) is 0.707. The number of hydrogen-bond acceptors (Lipinski definition) is 4. The van der Waals surface area contributed by atoms with Crippen LogP contribution in [0.5, 0.6) is 5.75 Å². The second-order valence-corrected chi connectivity index (χ2v) is 3.21. The molecule has 0 aromatic heterocycles. The summed E-state index contributed by atoms with van der Waals surface area (Å²) in [6.45, 7) is 0.371. The Labute approximate surface area is 82.8 Å². The number of nitrogens with two attached hydrogens (primary N) is 1. The van der Waals surface area contributed by atoms with Crippen LogP contribution in [0.4, 0.5) is 0 Å². The third-order valence-corrected chi connectivity index (χ3v) is 2.41. The summed E-state index contributed by atoms with van der Waals surface area (Å²) in [5.41, 5.74) is 7.21. The molecular weight excluding hydrogens is 181 g/mol. The molecule has 0 saturated carbocycles. The van der Waals surface area contributed by atoms with Crippen molar-refractivity contribution in [3.63, 3.8) is 0 Å². The van der Waals surface area contributed by atoms with Crippen molar-refractivity contribution in [3.05, 3.63) is 23.8 Å². The first kappa shape index (κ1) is 9.52. The second-order valence-electron chi connectivity index (χ2n) is 3.21. The maximum atomic E-state index is 9.57. The van der Waals surface area contributed by atoms with E-state index in [4.69, 9.17) is 15.1 Å². The molecule has 3 N–H and O–H groups in total. The zero-order valence-electron chi connectivity index (χ0n) is 7.93. The van der Waals surface area contributed by atoms with E-state index < -0.39 is 7.12 Å². The van der Waals surface area contributed by atoms with Crippen molar-refractivity contribution in [1.29, 1.82) is 0 Å². The molecule has 0 radical (unpaired) electrons. The lowest BCUT2D eigenvalue weighted by atomic mass is 9.79. The van der Waals surface area contributed by atoms with Gasteiger partial charge in [-0.3, -0.25) is 0 Å². The summed E-state index contributed by atoms with van der Waals surface area (Å²) < 4.78 is 10.3. The van der Waals surface area contributed by atoms with Gasteiger partial charge in [0.25, 0.3) is 0 Å². The average molecular weight is 193 g/mol. The van der Waals surface area contributed by atoms with Crippen molar-refractivity contribution in [1.82, 2.24) is 0 Å². The Morgan fingerprint density at radius 2 is 2.43 bits per heavy atom. The highest BCUT2D eigenvalue weighted by Crippen LogP contribution is 2.24. The lowest BCUT2D eigenvalue weighted by Gasteiger charge is -2.08. The van der Waals surface area contributed by atoms with Crippen LogP contribution in [0.1, 0.15) is 11.7 Å². The highest BCUT2D eigenvalue weighted by atomic mass is 16.5. The van der Waals surface area contributed by atoms with Gasteiger partial charge in [-0.15, -0.1) is 0 Å². The molecule has 14 heavy (non-hydrogen) atoms. The lowest BCUT2D eigenvalue weighted by molar-refractivity contribution is 0.198. The maximum Gasteiger partial charge on any atom is 0.492 e. The highest BCUT2D eigenvalue weighted by molar-refractivity contribution is 6.61. The molecule has 0 saturated heterocycles. The summed E-state index contributed by atoms with van der Waals surface area (Å²) in [6, 6.07) is 5.49. The molecule has 2 rings (SSSR count). The predicted octanol–water partition coefficient (Wildman–Crippen LogP) is -0.587. The normalized spacial score (nSPS) is 19.6. The monoisotopic (exact) mass is 193 g/mol. The summed E-state index contributed by atoms with van der Waals surface area (Å²) >= 11 is 0. The third kappa shape index (κ3) is 1.39. The zero-order valence-corrected chi connectivity index (χ0v) is 7.93. The smallest absolute Gasteiger partial charge is 0.492 e. The molecule has 5 heteroatoms. The van der Waals surface area contributed by atoms with Crippen molar-refractivity contribution in [2.45, 2.75) is 6.10 Å². The van der Waals surface area contributed by atoms with E-state index in [-0.39, 0.29) is 6.10 Å². The number of fused-ring (bicyclic) bond motifs is 1. The molecule has 1 aliphatic heterocycles. The van der Waals surface area contributed by atoms with E-state index in [0.29, 0.717) is 12.3 Å². The molecule has 0 amide bonds. The van der Waals surface area contributed by atoms with Crippen LogP contribution in [0, 0.1) is 0 Å². The Morgan fingerprint density at radius 3 is 3.07 bits per heavy atom. The molecule has 0 unspecified atom stereocenters. The molecule has 0 bridgehead atoms. The summed E-state index contributed by atoms with van der Waals surface area (Å²) in [5, 5.41) is 9.57. The zero-order chi connectivity index (χ0) is 10.1. The van der Waals surface area contributed by atoms with Crippen LogP contribution in [-0.2, 0) is 4.65 Å². The first-order valence-electron chi connectivity index (χ1n) is 4.47. The molecule has 4 nitrogen and oxygen atoms in total. The minimum atomic E-state index is -0.881. The van der Waals surface area contributed by atoms with Gasteiger partial charge < -0.3 is 20.1 Å². The van der Waals surface area contributed by atoms with Gasteiger partial charge in [0.2, 0.25) is 0 Å². The Hall–Kier alpha value is -1.04. The first-order valence-corrected chi connectivity index (χ1v) is 4.47. The van der Waals surface area contributed by atoms with Crippen LogP contribution >= 0.6 is 0 Å². The minimum Gasteiger partial charge on any atom is -0.497 e. The number of ether oxygens (including phenoxy) is 1. The van der Waals surface area contributed by atoms with E-state index in [1.165, 1.54) is 0 Å². The molecule has 1 atom stereocenters. The lowest BCUT2D eigenvalue weighted by Crippen LogP contribution is -2.28. The summed E-state index contributed by atoms with van der Waals surface area (Å²) in [5.74, 6) is 0.712. The Balaban J connectivity index is 2.41. The largest absolute Gasteiger partial charge is 0.497 e. The van der Waals surface area contributed by atoms with Gasteiger partial charge in [0.1, 0.15) is 5.75 Å². The fourth-order valence-electron chi connectivity index (χ4n) is 1.67. The van der Waals surface area contributed by atoms with Gasteiger partial charge in [-0.1, -0.05) is 6.07 Å². The first-order chi connectivity index (χ1) is 6.76. The van der Waals surface area contributed by atoms with E-state index in [2.05, 4.69) is 0 Å². The van der Waals surface area contributed by atoms with Crippen molar-refractivity contribution in [3.8, 4) is 5.75 Å². The Kier molecular flexibility index (Phi) is 2.45. The minimum absolute atomic E-state index is 0.203. The van der Waals surface area contributed by atoms with Crippen LogP contribution in [0.25, 0.3) is 0 Å². The van der Waals surface area contributed by atoms with E-state index >= 15 is 0 Å². The van der Waals surface area contributed by atoms with Gasteiger partial charge in [0, 0.05) is 6.54 Å². The molecule has 0 spiro atoms. The molecule has 74 valence electrons. The average Bonchev–Trinajstić information content (AvgIpc) is 2.55. The number of hydrogen-bond donors (Lipinski definition) is 2. The molecule has 1 aliphatic rings. The quantitative estimate of drug-likeness (QED) is 0.616. The molecule has 0 fully saturated rings. The fourth-order valence-corrected chi connectivity index (χ4v) is 1.67. The second kappa shape index (κ2) is 3.61. The predicted molar refractivity (Wildman–Crippen MR) is 53.5 cm³/mol. The summed E-state index contributed by atoms with van der Waals surface area (Å²) in [4.78, 5) is 0. The van der Waals surface area contributed by atoms with E-state index in [1.807, 2.05) is 12.1 Å². The van der Waals surface area contributed by atoms with Gasteiger partial charge >= 0.3 is 7.12 Å². The third-order valence-electron chi connectivity index (χ3n) is 2.41. The number of benzene rings is 1. The van der Waals surface area contributed by atoms with Crippen LogP contribution in [0.2, 0.25) is 0 Å². The van der Waals surface area contributed by atoms with Crippen LogP contribution in [-0.4, -0.2) is 25.8 Å². The van der Waals surface area contributed by atoms with E-state index in [0.717, 1.165) is 11.0 Å². The highest BCUT2D eigenvalue weighted by Gasteiger charge is 2.34. The Morgan fingerprint density at radius 1 is 1.64 bits per heavy atom. The van der Waals surface area contributed by atoms with E-state index in [1.54, 1.807) is 13.2 Å². The van der Waals surface area contributed by atoms with Crippen molar-refractivity contribution in [2.24, 2.45) is 5.73 Å². The van der Waals surface area contributed by atoms with Crippen LogP contribution < -0.4 is 15.9 Å². The van der Waals surface area contributed by atoms with Crippen LogP contribution in [0.3, 0.4) is 0 Å². The number of methoxy groups -OCH3 is 1. The topological polar surface area (TPSA) is 64.7 Å². The van der Waals surface area contributed by atoms with Crippen molar-refractivity contribution >= 4 is 12.6 Å². The number of rotatable bonds is 2.